The molecule has 2 aromatic rings. The molecule has 0 bridgehead atoms. The highest BCUT2D eigenvalue weighted by molar-refractivity contribution is 6.30. The first-order valence-electron chi connectivity index (χ1n) is 6.91. The maximum Gasteiger partial charge on any atom is 0.124 e. The SMILES string of the molecule is COCCOc1ccccc1C(N)Cc1ccc(Cl)cc1. The van der Waals surface area contributed by atoms with Crippen LogP contribution in [0, 0.1) is 0 Å². The first kappa shape index (κ1) is 15.8. The predicted molar refractivity (Wildman–Crippen MR) is 85.9 cm³/mol. The summed E-state index contributed by atoms with van der Waals surface area (Å²) in [5, 5.41) is 0.732. The topological polar surface area (TPSA) is 44.5 Å². The van der Waals surface area contributed by atoms with Gasteiger partial charge in [-0.1, -0.05) is 41.9 Å². The van der Waals surface area contributed by atoms with Gasteiger partial charge in [-0.25, -0.2) is 0 Å². The van der Waals surface area contributed by atoms with Crippen molar-refractivity contribution in [1.29, 1.82) is 0 Å². The van der Waals surface area contributed by atoms with E-state index in [2.05, 4.69) is 0 Å². The van der Waals surface area contributed by atoms with Gasteiger partial charge in [0, 0.05) is 23.7 Å². The molecule has 0 fully saturated rings. The van der Waals surface area contributed by atoms with Gasteiger partial charge in [0.2, 0.25) is 0 Å². The molecule has 0 saturated heterocycles. The highest BCUT2D eigenvalue weighted by atomic mass is 35.5. The number of benzene rings is 2. The lowest BCUT2D eigenvalue weighted by Crippen LogP contribution is -2.15. The van der Waals surface area contributed by atoms with Crippen molar-refractivity contribution in [3.63, 3.8) is 0 Å². The van der Waals surface area contributed by atoms with Crippen molar-refractivity contribution in [3.8, 4) is 5.75 Å². The largest absolute Gasteiger partial charge is 0.491 e. The van der Waals surface area contributed by atoms with Crippen molar-refractivity contribution in [2.45, 2.75) is 12.5 Å². The Morgan fingerprint density at radius 2 is 1.76 bits per heavy atom. The molecule has 4 heteroatoms. The Hall–Kier alpha value is -1.55. The highest BCUT2D eigenvalue weighted by Crippen LogP contribution is 2.26. The van der Waals surface area contributed by atoms with E-state index >= 15 is 0 Å². The number of hydrogen-bond donors (Lipinski definition) is 1. The molecular weight excluding hydrogens is 286 g/mol. The van der Waals surface area contributed by atoms with Gasteiger partial charge in [-0.05, 0) is 30.2 Å². The minimum absolute atomic E-state index is 0.120. The predicted octanol–water partition coefficient (Wildman–Crippen LogP) is 3.61. The van der Waals surface area contributed by atoms with E-state index in [1.807, 2.05) is 48.5 Å². The van der Waals surface area contributed by atoms with Crippen molar-refractivity contribution in [2.24, 2.45) is 5.73 Å². The smallest absolute Gasteiger partial charge is 0.124 e. The van der Waals surface area contributed by atoms with Gasteiger partial charge < -0.3 is 15.2 Å². The molecule has 0 spiro atoms. The van der Waals surface area contributed by atoms with Crippen molar-refractivity contribution in [3.05, 3.63) is 64.7 Å². The quantitative estimate of drug-likeness (QED) is 0.795. The van der Waals surface area contributed by atoms with Gasteiger partial charge in [0.25, 0.3) is 0 Å². The number of halogens is 1. The van der Waals surface area contributed by atoms with E-state index in [0.29, 0.717) is 13.2 Å². The monoisotopic (exact) mass is 305 g/mol. The van der Waals surface area contributed by atoms with E-state index < -0.39 is 0 Å². The third-order valence-electron chi connectivity index (χ3n) is 3.23. The van der Waals surface area contributed by atoms with E-state index in [4.69, 9.17) is 26.8 Å². The molecule has 2 N–H and O–H groups in total. The summed E-state index contributed by atoms with van der Waals surface area (Å²) in [6.07, 6.45) is 0.738. The zero-order valence-electron chi connectivity index (χ0n) is 12.1. The first-order valence-corrected chi connectivity index (χ1v) is 7.29. The summed E-state index contributed by atoms with van der Waals surface area (Å²) in [5.74, 6) is 0.816. The fourth-order valence-corrected chi connectivity index (χ4v) is 2.26. The third-order valence-corrected chi connectivity index (χ3v) is 3.48. The standard InChI is InChI=1S/C17H20ClNO2/c1-20-10-11-21-17-5-3-2-4-15(17)16(19)12-13-6-8-14(18)9-7-13/h2-9,16H,10-12,19H2,1H3. The summed E-state index contributed by atoms with van der Waals surface area (Å²) >= 11 is 5.90. The van der Waals surface area contributed by atoms with Crippen molar-refractivity contribution in [1.82, 2.24) is 0 Å². The number of nitrogens with two attached hydrogens (primary N) is 1. The molecule has 21 heavy (non-hydrogen) atoms. The summed E-state index contributed by atoms with van der Waals surface area (Å²) in [7, 11) is 1.65. The molecule has 3 nitrogen and oxygen atoms in total. The summed E-state index contributed by atoms with van der Waals surface area (Å²) in [6.45, 7) is 1.07. The van der Waals surface area contributed by atoms with Gasteiger partial charge in [0.05, 0.1) is 6.61 Å². The maximum atomic E-state index is 6.33. The van der Waals surface area contributed by atoms with Crippen LogP contribution in [0.15, 0.2) is 48.5 Å². The lowest BCUT2D eigenvalue weighted by molar-refractivity contribution is 0.145. The van der Waals surface area contributed by atoms with Gasteiger partial charge in [0.1, 0.15) is 12.4 Å². The zero-order valence-corrected chi connectivity index (χ0v) is 12.8. The van der Waals surface area contributed by atoms with E-state index in [1.165, 1.54) is 0 Å². The van der Waals surface area contributed by atoms with Gasteiger partial charge in [-0.2, -0.15) is 0 Å². The van der Waals surface area contributed by atoms with E-state index in [9.17, 15) is 0 Å². The van der Waals surface area contributed by atoms with E-state index in [0.717, 1.165) is 28.3 Å². The Balaban J connectivity index is 2.07. The number of methoxy groups -OCH3 is 1. The van der Waals surface area contributed by atoms with Crippen LogP contribution in [0.3, 0.4) is 0 Å². The fourth-order valence-electron chi connectivity index (χ4n) is 2.14. The van der Waals surface area contributed by atoms with E-state index in [-0.39, 0.29) is 6.04 Å². The Morgan fingerprint density at radius 3 is 2.48 bits per heavy atom. The molecule has 1 unspecified atom stereocenters. The second-order valence-electron chi connectivity index (χ2n) is 4.82. The minimum atomic E-state index is -0.120. The highest BCUT2D eigenvalue weighted by Gasteiger charge is 2.12. The normalized spacial score (nSPS) is 12.1. The minimum Gasteiger partial charge on any atom is -0.491 e. The van der Waals surface area contributed by atoms with Crippen LogP contribution >= 0.6 is 11.6 Å². The van der Waals surface area contributed by atoms with Gasteiger partial charge >= 0.3 is 0 Å². The second-order valence-corrected chi connectivity index (χ2v) is 5.25. The number of para-hydroxylation sites is 1. The molecule has 0 aromatic heterocycles. The molecule has 2 rings (SSSR count). The van der Waals surface area contributed by atoms with Gasteiger partial charge in [-0.15, -0.1) is 0 Å². The lowest BCUT2D eigenvalue weighted by Gasteiger charge is -2.17. The fraction of sp³-hybridized carbons (Fsp3) is 0.294. The molecule has 2 aromatic carbocycles. The molecule has 0 saturated carbocycles. The van der Waals surface area contributed by atoms with Crippen molar-refractivity contribution in [2.75, 3.05) is 20.3 Å². The van der Waals surface area contributed by atoms with Crippen LogP contribution in [0.4, 0.5) is 0 Å². The molecule has 0 aliphatic rings. The number of ether oxygens (including phenoxy) is 2. The summed E-state index contributed by atoms with van der Waals surface area (Å²) < 4.78 is 10.7. The van der Waals surface area contributed by atoms with Gasteiger partial charge in [-0.3, -0.25) is 0 Å². The molecule has 0 amide bonds. The molecule has 0 heterocycles. The average Bonchev–Trinajstić information content (AvgIpc) is 2.50. The van der Waals surface area contributed by atoms with Crippen LogP contribution < -0.4 is 10.5 Å². The number of rotatable bonds is 7. The first-order chi connectivity index (χ1) is 10.2. The van der Waals surface area contributed by atoms with Crippen molar-refractivity contribution >= 4 is 11.6 Å². The van der Waals surface area contributed by atoms with Gasteiger partial charge in [0.15, 0.2) is 0 Å². The Morgan fingerprint density at radius 1 is 1.05 bits per heavy atom. The third kappa shape index (κ3) is 4.74. The van der Waals surface area contributed by atoms with Crippen LogP contribution in [0.25, 0.3) is 0 Å². The van der Waals surface area contributed by atoms with Crippen LogP contribution in [-0.2, 0) is 11.2 Å². The lowest BCUT2D eigenvalue weighted by atomic mass is 9.99. The van der Waals surface area contributed by atoms with Crippen LogP contribution in [-0.4, -0.2) is 20.3 Å². The van der Waals surface area contributed by atoms with E-state index in [1.54, 1.807) is 7.11 Å². The Labute approximate surface area is 130 Å². The molecule has 0 radical (unpaired) electrons. The average molecular weight is 306 g/mol. The second kappa shape index (κ2) is 8.03. The Kier molecular flexibility index (Phi) is 6.05. The summed E-state index contributed by atoms with van der Waals surface area (Å²) in [4.78, 5) is 0. The summed E-state index contributed by atoms with van der Waals surface area (Å²) in [5.41, 5.74) is 8.48. The maximum absolute atomic E-state index is 6.33. The Bertz CT molecular complexity index is 557. The van der Waals surface area contributed by atoms with Crippen molar-refractivity contribution < 1.29 is 9.47 Å². The van der Waals surface area contributed by atoms with Crippen LogP contribution in [0.5, 0.6) is 5.75 Å². The van der Waals surface area contributed by atoms with Crippen LogP contribution in [0.1, 0.15) is 17.2 Å². The molecule has 0 aliphatic heterocycles. The molecule has 112 valence electrons. The zero-order chi connectivity index (χ0) is 15.1. The molecule has 0 aliphatic carbocycles. The number of hydrogen-bond acceptors (Lipinski definition) is 3. The molecular formula is C17H20ClNO2. The molecule has 1 atom stereocenters. The summed E-state index contributed by atoms with van der Waals surface area (Å²) in [6, 6.07) is 15.5. The van der Waals surface area contributed by atoms with Crippen LogP contribution in [0.2, 0.25) is 5.02 Å².